The Morgan fingerprint density at radius 3 is 1.58 bits per heavy atom. The molecule has 0 aliphatic heterocycles. The number of rotatable bonds is 7. The number of benzene rings is 8. The maximum Gasteiger partial charge on any atom is 0.0540 e. The van der Waals surface area contributed by atoms with Gasteiger partial charge in [0.25, 0.3) is 0 Å². The summed E-state index contributed by atoms with van der Waals surface area (Å²) in [6.45, 7) is 6.92. The topological polar surface area (TPSA) is 6.48 Å². The number of aryl methyl sites for hydroxylation is 1. The maximum atomic E-state index is 2.42. The Morgan fingerprint density at radius 2 is 0.885 bits per heavy atom. The molecule has 0 radical (unpaired) electrons. The fraction of sp³-hybridized carbons (Fsp3) is 0.0800. The molecule has 0 saturated heterocycles. The van der Waals surface area contributed by atoms with E-state index in [0.29, 0.717) is 0 Å². The van der Waals surface area contributed by atoms with Crippen LogP contribution in [0.2, 0.25) is 0 Å². The molecule has 1 aliphatic carbocycles. The smallest absolute Gasteiger partial charge is 0.0540 e. The quantitative estimate of drug-likeness (QED) is 0.167. The Hall–Kier alpha value is -6.38. The lowest BCUT2D eigenvalue weighted by molar-refractivity contribution is 0.660. The second-order valence-electron chi connectivity index (χ2n) is 14.3. The normalized spacial score (nSPS) is 12.7. The zero-order valence-electron chi connectivity index (χ0n) is 29.8. The van der Waals surface area contributed by atoms with Crippen LogP contribution >= 0.6 is 0 Å². The fourth-order valence-electron chi connectivity index (χ4n) is 8.05. The number of hydrogen-bond donors (Lipinski definition) is 0. The molecule has 8 aromatic rings. The summed E-state index contributed by atoms with van der Waals surface area (Å²) in [5.41, 5.74) is 15.6. The molecule has 52 heavy (non-hydrogen) atoms. The molecule has 250 valence electrons. The predicted molar refractivity (Wildman–Crippen MR) is 221 cm³/mol. The summed E-state index contributed by atoms with van der Waals surface area (Å²) in [6, 6.07) is 68.4. The summed E-state index contributed by atoms with van der Waals surface area (Å²) in [4.78, 5) is 4.80. The Bertz CT molecular complexity index is 2540. The van der Waals surface area contributed by atoms with Crippen molar-refractivity contribution in [3.05, 3.63) is 205 Å². The highest BCUT2D eigenvalue weighted by atomic mass is 15.1. The van der Waals surface area contributed by atoms with Gasteiger partial charge in [-0.1, -0.05) is 135 Å². The SMILES string of the molecule is Cc1cccc(N(c2ccc(-c3ccccc3)cc2)c2ccc3c(c2)C(C)(C)c2cc(N(c4ccccc4)c4cccc5ccccc45)ccc2-3)c1. The summed E-state index contributed by atoms with van der Waals surface area (Å²) in [5, 5.41) is 2.46. The van der Waals surface area contributed by atoms with Crippen LogP contribution in [0.4, 0.5) is 34.1 Å². The van der Waals surface area contributed by atoms with Gasteiger partial charge in [0.2, 0.25) is 0 Å². The first-order valence-corrected chi connectivity index (χ1v) is 18.1. The Balaban J connectivity index is 1.15. The van der Waals surface area contributed by atoms with Crippen LogP contribution in [0, 0.1) is 6.92 Å². The zero-order chi connectivity index (χ0) is 35.2. The van der Waals surface area contributed by atoms with Crippen molar-refractivity contribution in [3.8, 4) is 22.3 Å². The first-order chi connectivity index (χ1) is 25.5. The first-order valence-electron chi connectivity index (χ1n) is 18.1. The third-order valence-electron chi connectivity index (χ3n) is 10.7. The van der Waals surface area contributed by atoms with Crippen LogP contribution in [0.3, 0.4) is 0 Å². The molecule has 0 fully saturated rings. The number of fused-ring (bicyclic) bond motifs is 4. The highest BCUT2D eigenvalue weighted by Gasteiger charge is 2.37. The van der Waals surface area contributed by atoms with E-state index in [1.807, 2.05) is 0 Å². The molecule has 9 rings (SSSR count). The van der Waals surface area contributed by atoms with Gasteiger partial charge in [0.1, 0.15) is 0 Å². The van der Waals surface area contributed by atoms with E-state index in [0.717, 1.165) is 28.4 Å². The van der Waals surface area contributed by atoms with Crippen LogP contribution < -0.4 is 9.80 Å². The number of anilines is 6. The van der Waals surface area contributed by atoms with Crippen molar-refractivity contribution >= 4 is 44.9 Å². The van der Waals surface area contributed by atoms with Crippen LogP contribution in [0.1, 0.15) is 30.5 Å². The molecule has 8 aromatic carbocycles. The lowest BCUT2D eigenvalue weighted by atomic mass is 9.82. The fourth-order valence-corrected chi connectivity index (χ4v) is 8.05. The lowest BCUT2D eigenvalue weighted by Crippen LogP contribution is -2.17. The molecule has 2 heteroatoms. The van der Waals surface area contributed by atoms with Crippen LogP contribution in [-0.2, 0) is 5.41 Å². The number of hydrogen-bond acceptors (Lipinski definition) is 2. The average molecular weight is 669 g/mol. The van der Waals surface area contributed by atoms with Gasteiger partial charge >= 0.3 is 0 Å². The molecule has 0 unspecified atom stereocenters. The minimum Gasteiger partial charge on any atom is -0.310 e. The van der Waals surface area contributed by atoms with Crippen molar-refractivity contribution in [3.63, 3.8) is 0 Å². The molecule has 0 spiro atoms. The first kappa shape index (κ1) is 31.6. The second kappa shape index (κ2) is 12.7. The lowest BCUT2D eigenvalue weighted by Gasteiger charge is -2.29. The minimum absolute atomic E-state index is 0.215. The Kier molecular flexibility index (Phi) is 7.74. The van der Waals surface area contributed by atoms with Gasteiger partial charge < -0.3 is 9.80 Å². The molecular formula is C50H40N2. The largest absolute Gasteiger partial charge is 0.310 e. The summed E-state index contributed by atoms with van der Waals surface area (Å²) >= 11 is 0. The molecule has 0 saturated carbocycles. The van der Waals surface area contributed by atoms with Crippen LogP contribution in [-0.4, -0.2) is 0 Å². The van der Waals surface area contributed by atoms with Gasteiger partial charge in [-0.25, -0.2) is 0 Å². The van der Waals surface area contributed by atoms with Crippen molar-refractivity contribution in [2.24, 2.45) is 0 Å². The summed E-state index contributed by atoms with van der Waals surface area (Å²) in [6.07, 6.45) is 0. The molecule has 0 heterocycles. The van der Waals surface area contributed by atoms with Crippen molar-refractivity contribution in [2.45, 2.75) is 26.2 Å². The van der Waals surface area contributed by atoms with E-state index in [1.54, 1.807) is 0 Å². The van der Waals surface area contributed by atoms with Crippen molar-refractivity contribution in [1.29, 1.82) is 0 Å². The highest BCUT2D eigenvalue weighted by molar-refractivity contribution is 5.99. The molecule has 0 amide bonds. The van der Waals surface area contributed by atoms with Gasteiger partial charge in [-0.05, 0) is 118 Å². The van der Waals surface area contributed by atoms with Gasteiger partial charge in [0.05, 0.1) is 5.69 Å². The van der Waals surface area contributed by atoms with E-state index in [2.05, 4.69) is 219 Å². The van der Waals surface area contributed by atoms with Gasteiger partial charge in [-0.2, -0.15) is 0 Å². The van der Waals surface area contributed by atoms with E-state index in [4.69, 9.17) is 0 Å². The predicted octanol–water partition coefficient (Wildman–Crippen LogP) is 14.1. The van der Waals surface area contributed by atoms with Gasteiger partial charge in [0, 0.05) is 39.2 Å². The summed E-state index contributed by atoms with van der Waals surface area (Å²) in [7, 11) is 0. The van der Waals surface area contributed by atoms with Gasteiger partial charge in [0.15, 0.2) is 0 Å². The molecule has 0 bridgehead atoms. The van der Waals surface area contributed by atoms with Crippen LogP contribution in [0.5, 0.6) is 0 Å². The van der Waals surface area contributed by atoms with E-state index >= 15 is 0 Å². The van der Waals surface area contributed by atoms with E-state index in [1.165, 1.54) is 55.4 Å². The van der Waals surface area contributed by atoms with Crippen LogP contribution in [0.25, 0.3) is 33.0 Å². The summed E-state index contributed by atoms with van der Waals surface area (Å²) < 4.78 is 0. The van der Waals surface area contributed by atoms with Crippen molar-refractivity contribution in [1.82, 2.24) is 0 Å². The van der Waals surface area contributed by atoms with E-state index < -0.39 is 0 Å². The second-order valence-corrected chi connectivity index (χ2v) is 14.3. The molecule has 0 aromatic heterocycles. The average Bonchev–Trinajstić information content (AvgIpc) is 3.41. The third-order valence-corrected chi connectivity index (χ3v) is 10.7. The van der Waals surface area contributed by atoms with E-state index in [9.17, 15) is 0 Å². The minimum atomic E-state index is -0.215. The van der Waals surface area contributed by atoms with Crippen molar-refractivity contribution in [2.75, 3.05) is 9.80 Å². The maximum absolute atomic E-state index is 2.42. The van der Waals surface area contributed by atoms with Crippen LogP contribution in [0.15, 0.2) is 188 Å². The third kappa shape index (κ3) is 5.45. The van der Waals surface area contributed by atoms with Gasteiger partial charge in [-0.15, -0.1) is 0 Å². The molecule has 2 nitrogen and oxygen atoms in total. The standard InChI is InChI=1S/C50H40N2/c1-35-14-12-21-41(32-35)51(40-26-24-37(25-27-40)36-15-6-4-7-16-36)42-28-30-45-46-31-29-43(34-48(46)50(2,3)47(45)33-42)52(39-19-8-5-9-20-39)49-23-13-18-38-17-10-11-22-44(38)49/h4-34H,1-3H3. The summed E-state index contributed by atoms with van der Waals surface area (Å²) in [5.74, 6) is 0. The Morgan fingerprint density at radius 1 is 0.385 bits per heavy atom. The highest BCUT2D eigenvalue weighted by Crippen LogP contribution is 2.52. The number of para-hydroxylation sites is 1. The van der Waals surface area contributed by atoms with Crippen molar-refractivity contribution < 1.29 is 0 Å². The Labute approximate surface area is 306 Å². The number of nitrogens with zero attached hydrogens (tertiary/aromatic N) is 2. The molecule has 0 N–H and O–H groups in total. The zero-order valence-corrected chi connectivity index (χ0v) is 29.8. The van der Waals surface area contributed by atoms with Gasteiger partial charge in [-0.3, -0.25) is 0 Å². The molecular weight excluding hydrogens is 629 g/mol. The molecule has 1 aliphatic rings. The monoisotopic (exact) mass is 668 g/mol. The molecule has 0 atom stereocenters. The van der Waals surface area contributed by atoms with E-state index in [-0.39, 0.29) is 5.41 Å².